The van der Waals surface area contributed by atoms with Gasteiger partial charge in [-0.15, -0.1) is 0 Å². The molecule has 1 atom stereocenters. The molecule has 180 valence electrons. The Morgan fingerprint density at radius 1 is 1.21 bits per heavy atom. The lowest BCUT2D eigenvalue weighted by molar-refractivity contribution is -0.136. The zero-order chi connectivity index (χ0) is 23.8. The molecule has 3 aromatic rings. The van der Waals surface area contributed by atoms with Gasteiger partial charge in [0.2, 0.25) is 5.91 Å². The molecule has 1 unspecified atom stereocenters. The molecule has 3 heterocycles. The van der Waals surface area contributed by atoms with Crippen LogP contribution in [0.25, 0.3) is 22.4 Å². The third-order valence-corrected chi connectivity index (χ3v) is 7.16. The quantitative estimate of drug-likeness (QED) is 0.570. The van der Waals surface area contributed by atoms with Crippen molar-refractivity contribution in [2.75, 3.05) is 45.3 Å². The minimum Gasteiger partial charge on any atom is -0.461 e. The standard InChI is InChI=1S/C25H30ClN5O3/c1-15(24(32)30(2)3)17-12-19(13-17)34-25-27-21-14-20(26)22(28-23(21)29-25)16-4-6-18(7-5-16)31-8-10-33-11-9-31/h4-7,14-15,17,19H,8-13H2,1-3H3,(H,27,28,29)/t15?,17-,19+. The monoisotopic (exact) mass is 483 g/mol. The Kier molecular flexibility index (Phi) is 6.36. The van der Waals surface area contributed by atoms with Crippen molar-refractivity contribution in [1.29, 1.82) is 0 Å². The molecule has 0 spiro atoms. The summed E-state index contributed by atoms with van der Waals surface area (Å²) in [6.45, 7) is 5.29. The molecule has 5 rings (SSSR count). The number of benzene rings is 1. The second kappa shape index (κ2) is 9.43. The maximum absolute atomic E-state index is 12.2. The van der Waals surface area contributed by atoms with Crippen LogP contribution in [0.15, 0.2) is 30.3 Å². The fraction of sp³-hybridized carbons (Fsp3) is 0.480. The topological polar surface area (TPSA) is 83.6 Å². The van der Waals surface area contributed by atoms with Crippen LogP contribution >= 0.6 is 11.6 Å². The maximum Gasteiger partial charge on any atom is 0.296 e. The molecule has 0 radical (unpaired) electrons. The Labute approximate surface area is 204 Å². The molecule has 2 aliphatic rings. The van der Waals surface area contributed by atoms with Gasteiger partial charge in [0, 0.05) is 44.4 Å². The number of pyridine rings is 1. The Morgan fingerprint density at radius 2 is 1.91 bits per heavy atom. The van der Waals surface area contributed by atoms with E-state index in [-0.39, 0.29) is 17.9 Å². The van der Waals surface area contributed by atoms with Crippen LogP contribution in [0.3, 0.4) is 0 Å². The van der Waals surface area contributed by atoms with Gasteiger partial charge >= 0.3 is 0 Å². The number of nitrogens with zero attached hydrogens (tertiary/aromatic N) is 4. The Morgan fingerprint density at radius 3 is 2.59 bits per heavy atom. The van der Waals surface area contributed by atoms with Crippen LogP contribution in [0.1, 0.15) is 19.8 Å². The molecule has 1 aliphatic carbocycles. The van der Waals surface area contributed by atoms with E-state index in [0.29, 0.717) is 28.3 Å². The zero-order valence-corrected chi connectivity index (χ0v) is 20.5. The molecule has 1 amide bonds. The fourth-order valence-electron chi connectivity index (χ4n) is 4.68. The van der Waals surface area contributed by atoms with Crippen molar-refractivity contribution in [1.82, 2.24) is 19.9 Å². The first-order valence-corrected chi connectivity index (χ1v) is 12.1. The molecule has 1 aromatic carbocycles. The summed E-state index contributed by atoms with van der Waals surface area (Å²) < 4.78 is 11.5. The number of carbonyl (C=O) groups is 1. The van der Waals surface area contributed by atoms with Crippen molar-refractivity contribution in [3.63, 3.8) is 0 Å². The first kappa shape index (κ1) is 22.9. The van der Waals surface area contributed by atoms with Crippen LogP contribution in [-0.2, 0) is 9.53 Å². The molecule has 34 heavy (non-hydrogen) atoms. The van der Waals surface area contributed by atoms with Gasteiger partial charge < -0.3 is 24.3 Å². The molecule has 1 N–H and O–H groups in total. The number of carbonyl (C=O) groups excluding carboxylic acids is 1. The highest BCUT2D eigenvalue weighted by molar-refractivity contribution is 6.33. The predicted octanol–water partition coefficient (Wildman–Crippen LogP) is 4.00. The van der Waals surface area contributed by atoms with Crippen LogP contribution in [0.5, 0.6) is 6.01 Å². The number of morpholine rings is 1. The number of hydrogen-bond acceptors (Lipinski definition) is 6. The van der Waals surface area contributed by atoms with Crippen molar-refractivity contribution >= 4 is 34.4 Å². The number of fused-ring (bicyclic) bond motifs is 1. The van der Waals surface area contributed by atoms with Gasteiger partial charge in [0.25, 0.3) is 6.01 Å². The number of halogens is 1. The van der Waals surface area contributed by atoms with Crippen LogP contribution in [-0.4, -0.2) is 72.3 Å². The smallest absolute Gasteiger partial charge is 0.296 e. The number of H-pyrrole nitrogens is 1. The number of amides is 1. The van der Waals surface area contributed by atoms with E-state index < -0.39 is 0 Å². The molecule has 2 aromatic heterocycles. The number of nitrogens with one attached hydrogen (secondary N) is 1. The molecule has 1 aliphatic heterocycles. The van der Waals surface area contributed by atoms with Crippen molar-refractivity contribution in [3.8, 4) is 17.3 Å². The molecular formula is C25H30ClN5O3. The van der Waals surface area contributed by atoms with Gasteiger partial charge in [0.05, 0.1) is 29.4 Å². The lowest BCUT2D eigenvalue weighted by Crippen LogP contribution is -2.42. The largest absolute Gasteiger partial charge is 0.461 e. The summed E-state index contributed by atoms with van der Waals surface area (Å²) in [5, 5.41) is 0.557. The fourth-order valence-corrected chi connectivity index (χ4v) is 4.94. The van der Waals surface area contributed by atoms with E-state index in [1.165, 1.54) is 5.69 Å². The normalized spacial score (nSPS) is 21.2. The number of aromatic nitrogens is 3. The number of anilines is 1. The van der Waals surface area contributed by atoms with Crippen molar-refractivity contribution in [2.45, 2.75) is 25.9 Å². The minimum absolute atomic E-state index is 0.00295. The number of imidazole rings is 1. The third kappa shape index (κ3) is 4.57. The lowest BCUT2D eigenvalue weighted by Gasteiger charge is -2.38. The van der Waals surface area contributed by atoms with Gasteiger partial charge in [-0.25, -0.2) is 4.98 Å². The number of ether oxygens (including phenoxy) is 2. The van der Waals surface area contributed by atoms with Gasteiger partial charge in [-0.2, -0.15) is 4.98 Å². The Hall–Kier alpha value is -2.84. The zero-order valence-electron chi connectivity index (χ0n) is 19.8. The predicted molar refractivity (Wildman–Crippen MR) is 132 cm³/mol. The molecular weight excluding hydrogens is 454 g/mol. The van der Waals surface area contributed by atoms with Gasteiger partial charge in [0.1, 0.15) is 6.10 Å². The highest BCUT2D eigenvalue weighted by Gasteiger charge is 2.38. The highest BCUT2D eigenvalue weighted by atomic mass is 35.5. The van der Waals surface area contributed by atoms with Crippen molar-refractivity contribution in [3.05, 3.63) is 35.4 Å². The first-order chi connectivity index (χ1) is 16.4. The van der Waals surface area contributed by atoms with Gasteiger partial charge in [-0.05, 0) is 37.0 Å². The van der Waals surface area contributed by atoms with E-state index >= 15 is 0 Å². The highest BCUT2D eigenvalue weighted by Crippen LogP contribution is 2.37. The molecule has 0 bridgehead atoms. The molecule has 1 saturated carbocycles. The average molecular weight is 484 g/mol. The van der Waals surface area contributed by atoms with Crippen LogP contribution < -0.4 is 9.64 Å². The van der Waals surface area contributed by atoms with Crippen LogP contribution in [0, 0.1) is 11.8 Å². The van der Waals surface area contributed by atoms with Crippen molar-refractivity contribution < 1.29 is 14.3 Å². The summed E-state index contributed by atoms with van der Waals surface area (Å²) in [6.07, 6.45) is 1.73. The number of aromatic amines is 1. The maximum atomic E-state index is 12.2. The second-order valence-corrected chi connectivity index (χ2v) is 9.78. The summed E-state index contributed by atoms with van der Waals surface area (Å²) in [7, 11) is 3.59. The average Bonchev–Trinajstić information content (AvgIpc) is 3.21. The summed E-state index contributed by atoms with van der Waals surface area (Å²) in [4.78, 5) is 28.6. The first-order valence-electron chi connectivity index (χ1n) is 11.8. The summed E-state index contributed by atoms with van der Waals surface area (Å²) in [5.74, 6) is 0.503. The lowest BCUT2D eigenvalue weighted by atomic mass is 9.74. The molecule has 9 heteroatoms. The van der Waals surface area contributed by atoms with E-state index in [1.54, 1.807) is 19.0 Å². The van der Waals surface area contributed by atoms with E-state index in [4.69, 9.17) is 26.1 Å². The van der Waals surface area contributed by atoms with Gasteiger partial charge in [-0.1, -0.05) is 30.7 Å². The third-order valence-electron chi connectivity index (χ3n) is 6.87. The molecule has 1 saturated heterocycles. The van der Waals surface area contributed by atoms with Crippen LogP contribution in [0.4, 0.5) is 5.69 Å². The van der Waals surface area contributed by atoms with Crippen LogP contribution in [0.2, 0.25) is 5.02 Å². The summed E-state index contributed by atoms with van der Waals surface area (Å²) in [6, 6.07) is 10.6. The van der Waals surface area contributed by atoms with E-state index in [2.05, 4.69) is 27.0 Å². The Bertz CT molecular complexity index is 1170. The summed E-state index contributed by atoms with van der Waals surface area (Å²) >= 11 is 6.57. The molecule has 8 nitrogen and oxygen atoms in total. The van der Waals surface area contributed by atoms with E-state index in [9.17, 15) is 4.79 Å². The Balaban J connectivity index is 1.27. The van der Waals surface area contributed by atoms with E-state index in [0.717, 1.165) is 50.2 Å². The number of hydrogen-bond donors (Lipinski definition) is 1. The van der Waals surface area contributed by atoms with Gasteiger partial charge in [0.15, 0.2) is 5.65 Å². The number of rotatable bonds is 6. The second-order valence-electron chi connectivity index (χ2n) is 9.37. The van der Waals surface area contributed by atoms with Crippen molar-refractivity contribution in [2.24, 2.45) is 11.8 Å². The van der Waals surface area contributed by atoms with E-state index in [1.807, 2.05) is 25.1 Å². The summed E-state index contributed by atoms with van der Waals surface area (Å²) in [5.41, 5.74) is 4.11. The SMILES string of the molecule is CC(C(=O)N(C)C)[C@H]1C[C@@H](Oc2nc3nc(-c4ccc(N5CCOCC5)cc4)c(Cl)cc3[nH]2)C1. The molecule has 2 fully saturated rings. The van der Waals surface area contributed by atoms with Gasteiger partial charge in [-0.3, -0.25) is 4.79 Å². The minimum atomic E-state index is 0.00295.